The number of carbonyl (C=O) groups is 1. The van der Waals surface area contributed by atoms with Gasteiger partial charge in [0, 0.05) is 11.7 Å². The topological polar surface area (TPSA) is 64.3 Å². The summed E-state index contributed by atoms with van der Waals surface area (Å²) in [6.07, 6.45) is 0. The van der Waals surface area contributed by atoms with E-state index >= 15 is 0 Å². The van der Waals surface area contributed by atoms with Crippen LogP contribution in [0.3, 0.4) is 0 Å². The largest absolute Gasteiger partial charge is 0.379 e. The molecule has 0 saturated carbocycles. The first-order chi connectivity index (χ1) is 7.66. The molecule has 2 rings (SSSR count). The molecule has 0 radical (unpaired) electrons. The van der Waals surface area contributed by atoms with Crippen LogP contribution >= 0.6 is 0 Å². The van der Waals surface area contributed by atoms with Crippen molar-refractivity contribution < 1.29 is 13.9 Å². The highest BCUT2D eigenvalue weighted by atomic mass is 19.1. The molecule has 86 valence electrons. The second-order valence-electron chi connectivity index (χ2n) is 3.80. The Morgan fingerprint density at radius 3 is 2.62 bits per heavy atom. The second kappa shape index (κ2) is 4.59. The molecule has 1 amide bonds. The molecule has 5 heteroatoms. The number of benzene rings is 1. The van der Waals surface area contributed by atoms with Crippen molar-refractivity contribution in [3.63, 3.8) is 0 Å². The van der Waals surface area contributed by atoms with Crippen molar-refractivity contribution >= 4 is 11.6 Å². The number of nitrogens with one attached hydrogen (secondary N) is 1. The highest BCUT2D eigenvalue weighted by molar-refractivity contribution is 5.93. The fraction of sp³-hybridized carbons (Fsp3) is 0.364. The summed E-state index contributed by atoms with van der Waals surface area (Å²) in [4.78, 5) is 11.7. The minimum absolute atomic E-state index is 0.184. The zero-order valence-electron chi connectivity index (χ0n) is 8.65. The Kier molecular flexibility index (Phi) is 3.17. The Labute approximate surface area is 92.6 Å². The van der Waals surface area contributed by atoms with E-state index in [0.29, 0.717) is 18.9 Å². The fourth-order valence-corrected chi connectivity index (χ4v) is 1.61. The van der Waals surface area contributed by atoms with Crippen molar-refractivity contribution in [2.75, 3.05) is 18.5 Å². The lowest BCUT2D eigenvalue weighted by Crippen LogP contribution is -2.37. The van der Waals surface area contributed by atoms with Crippen LogP contribution in [-0.2, 0) is 9.53 Å². The Morgan fingerprint density at radius 2 is 2.06 bits per heavy atom. The van der Waals surface area contributed by atoms with Gasteiger partial charge in [-0.3, -0.25) is 4.79 Å². The van der Waals surface area contributed by atoms with Crippen LogP contribution in [0.1, 0.15) is 0 Å². The zero-order valence-corrected chi connectivity index (χ0v) is 8.65. The smallest absolute Gasteiger partial charge is 0.231 e. The van der Waals surface area contributed by atoms with E-state index in [1.54, 1.807) is 0 Å². The second-order valence-corrected chi connectivity index (χ2v) is 3.80. The lowest BCUT2D eigenvalue weighted by atomic mass is 10.0. The van der Waals surface area contributed by atoms with Gasteiger partial charge in [-0.15, -0.1) is 0 Å². The summed E-state index contributed by atoms with van der Waals surface area (Å²) >= 11 is 0. The third-order valence-electron chi connectivity index (χ3n) is 2.57. The first-order valence-corrected chi connectivity index (χ1v) is 5.06. The molecule has 4 nitrogen and oxygen atoms in total. The molecule has 0 aliphatic carbocycles. The normalized spacial score (nSPS) is 24.4. The van der Waals surface area contributed by atoms with Crippen LogP contribution < -0.4 is 11.1 Å². The summed E-state index contributed by atoms with van der Waals surface area (Å²) in [5, 5.41) is 2.68. The van der Waals surface area contributed by atoms with Gasteiger partial charge in [-0.1, -0.05) is 0 Å². The highest BCUT2D eigenvalue weighted by Gasteiger charge is 2.31. The molecule has 2 atom stereocenters. The monoisotopic (exact) mass is 224 g/mol. The molecule has 0 aromatic heterocycles. The molecule has 0 spiro atoms. The number of rotatable bonds is 2. The van der Waals surface area contributed by atoms with Crippen LogP contribution in [0.5, 0.6) is 0 Å². The minimum atomic E-state index is -0.334. The van der Waals surface area contributed by atoms with Crippen molar-refractivity contribution in [3.8, 4) is 0 Å². The predicted octanol–water partition coefficient (Wildman–Crippen LogP) is 0.738. The van der Waals surface area contributed by atoms with Gasteiger partial charge in [-0.25, -0.2) is 4.39 Å². The lowest BCUT2D eigenvalue weighted by Gasteiger charge is -2.13. The van der Waals surface area contributed by atoms with Crippen molar-refractivity contribution in [2.45, 2.75) is 6.04 Å². The van der Waals surface area contributed by atoms with E-state index in [9.17, 15) is 9.18 Å². The fourth-order valence-electron chi connectivity index (χ4n) is 1.61. The maximum atomic E-state index is 12.6. The zero-order chi connectivity index (χ0) is 11.5. The molecule has 3 N–H and O–H groups in total. The van der Waals surface area contributed by atoms with Crippen LogP contribution in [0.2, 0.25) is 0 Å². The van der Waals surface area contributed by atoms with Crippen molar-refractivity contribution in [3.05, 3.63) is 30.1 Å². The summed E-state index contributed by atoms with van der Waals surface area (Å²) < 4.78 is 17.7. The van der Waals surface area contributed by atoms with Gasteiger partial charge in [0.1, 0.15) is 5.82 Å². The van der Waals surface area contributed by atoms with E-state index < -0.39 is 0 Å². The Balaban J connectivity index is 1.99. The highest BCUT2D eigenvalue weighted by Crippen LogP contribution is 2.15. The molecule has 1 fully saturated rings. The van der Waals surface area contributed by atoms with Gasteiger partial charge in [-0.2, -0.15) is 0 Å². The Bertz CT molecular complexity index is 380. The summed E-state index contributed by atoms with van der Waals surface area (Å²) in [5.74, 6) is -0.847. The maximum absolute atomic E-state index is 12.6. The van der Waals surface area contributed by atoms with Gasteiger partial charge >= 0.3 is 0 Å². The summed E-state index contributed by atoms with van der Waals surface area (Å²) in [7, 11) is 0. The van der Waals surface area contributed by atoms with Crippen molar-refractivity contribution in [2.24, 2.45) is 11.7 Å². The number of anilines is 1. The first-order valence-electron chi connectivity index (χ1n) is 5.06. The molecular formula is C11H13FN2O2. The Morgan fingerprint density at radius 1 is 1.38 bits per heavy atom. The van der Waals surface area contributed by atoms with Gasteiger partial charge in [0.25, 0.3) is 0 Å². The Hall–Kier alpha value is -1.46. The van der Waals surface area contributed by atoms with Gasteiger partial charge in [0.05, 0.1) is 19.1 Å². The minimum Gasteiger partial charge on any atom is -0.379 e. The van der Waals surface area contributed by atoms with Crippen LogP contribution in [0.15, 0.2) is 24.3 Å². The average Bonchev–Trinajstić information content (AvgIpc) is 2.68. The SMILES string of the molecule is NC1COCC1C(=O)Nc1ccc(F)cc1. The van der Waals surface area contributed by atoms with Gasteiger partial charge in [-0.05, 0) is 24.3 Å². The number of amides is 1. The van der Waals surface area contributed by atoms with Crippen LogP contribution in [-0.4, -0.2) is 25.2 Å². The summed E-state index contributed by atoms with van der Waals surface area (Å²) in [6, 6.07) is 5.34. The molecule has 2 unspecified atom stereocenters. The van der Waals surface area contributed by atoms with E-state index in [2.05, 4.69) is 5.32 Å². The van der Waals surface area contributed by atoms with Crippen LogP contribution in [0.4, 0.5) is 10.1 Å². The standard InChI is InChI=1S/C11H13FN2O2/c12-7-1-3-8(4-2-7)14-11(15)9-5-16-6-10(9)13/h1-4,9-10H,5-6,13H2,(H,14,15). The third-order valence-corrected chi connectivity index (χ3v) is 2.57. The van der Waals surface area contributed by atoms with Gasteiger partial charge in [0.2, 0.25) is 5.91 Å². The van der Waals surface area contributed by atoms with E-state index in [-0.39, 0.29) is 23.7 Å². The molecule has 1 heterocycles. The van der Waals surface area contributed by atoms with E-state index in [0.717, 1.165) is 0 Å². The van der Waals surface area contributed by atoms with Crippen LogP contribution in [0.25, 0.3) is 0 Å². The quantitative estimate of drug-likeness (QED) is 0.778. The molecule has 16 heavy (non-hydrogen) atoms. The van der Waals surface area contributed by atoms with E-state index in [1.165, 1.54) is 24.3 Å². The van der Waals surface area contributed by atoms with E-state index in [1.807, 2.05) is 0 Å². The molecule has 1 aromatic carbocycles. The van der Waals surface area contributed by atoms with Gasteiger partial charge < -0.3 is 15.8 Å². The van der Waals surface area contributed by atoms with Crippen molar-refractivity contribution in [1.29, 1.82) is 0 Å². The summed E-state index contributed by atoms with van der Waals surface area (Å²) in [6.45, 7) is 0.746. The van der Waals surface area contributed by atoms with Gasteiger partial charge in [0.15, 0.2) is 0 Å². The first kappa shape index (κ1) is 11.0. The lowest BCUT2D eigenvalue weighted by molar-refractivity contribution is -0.120. The number of carbonyl (C=O) groups excluding carboxylic acids is 1. The maximum Gasteiger partial charge on any atom is 0.231 e. The summed E-state index contributed by atoms with van der Waals surface area (Å²) in [5.41, 5.74) is 6.27. The predicted molar refractivity (Wildman–Crippen MR) is 57.3 cm³/mol. The molecule has 1 aliphatic heterocycles. The third kappa shape index (κ3) is 2.37. The number of halogens is 1. The number of hydrogen-bond donors (Lipinski definition) is 2. The molecule has 1 aromatic rings. The number of nitrogens with two attached hydrogens (primary N) is 1. The number of ether oxygens (including phenoxy) is 1. The molecule has 0 bridgehead atoms. The molecule has 1 saturated heterocycles. The number of hydrogen-bond acceptors (Lipinski definition) is 3. The average molecular weight is 224 g/mol. The molecule has 1 aliphatic rings. The van der Waals surface area contributed by atoms with E-state index in [4.69, 9.17) is 10.5 Å². The van der Waals surface area contributed by atoms with Crippen molar-refractivity contribution in [1.82, 2.24) is 0 Å². The van der Waals surface area contributed by atoms with Crippen LogP contribution in [0, 0.1) is 11.7 Å². The molecular weight excluding hydrogens is 211 g/mol.